The summed E-state index contributed by atoms with van der Waals surface area (Å²) in [6.45, 7) is 3.53. The molecule has 2 nitrogen and oxygen atoms in total. The van der Waals surface area contributed by atoms with Crippen molar-refractivity contribution in [1.82, 2.24) is 0 Å². The van der Waals surface area contributed by atoms with Crippen LogP contribution < -0.4 is 0 Å². The van der Waals surface area contributed by atoms with Gasteiger partial charge >= 0.3 is 0 Å². The lowest BCUT2D eigenvalue weighted by Gasteiger charge is -2.01. The Kier molecular flexibility index (Phi) is 3.63. The molecule has 1 aromatic rings. The molecule has 4 heteroatoms. The first kappa shape index (κ1) is 11.9. The highest BCUT2D eigenvalue weighted by Gasteiger charge is 2.19. The van der Waals surface area contributed by atoms with E-state index in [-0.39, 0.29) is 4.90 Å². The predicted octanol–water partition coefficient (Wildman–Crippen LogP) is 2.99. The standard InChI is InChI=1S/C11H13FO2S/c1-3-4-11(12)15(13,14)10-7-5-9(2)6-8-10/h4-8H,3H2,1-2H3/b11-4-. The van der Waals surface area contributed by atoms with Gasteiger partial charge in [-0.15, -0.1) is 0 Å². The highest BCUT2D eigenvalue weighted by atomic mass is 32.2. The molecular weight excluding hydrogens is 215 g/mol. The monoisotopic (exact) mass is 228 g/mol. The van der Waals surface area contributed by atoms with Crippen LogP contribution in [0, 0.1) is 6.92 Å². The summed E-state index contributed by atoms with van der Waals surface area (Å²) in [7, 11) is -3.92. The summed E-state index contributed by atoms with van der Waals surface area (Å²) in [4.78, 5) is -0.00435. The second-order valence-corrected chi connectivity index (χ2v) is 5.10. The van der Waals surface area contributed by atoms with Crippen molar-refractivity contribution in [3.63, 3.8) is 0 Å². The summed E-state index contributed by atoms with van der Waals surface area (Å²) in [5, 5.41) is -1.08. The van der Waals surface area contributed by atoms with E-state index in [4.69, 9.17) is 0 Å². The van der Waals surface area contributed by atoms with E-state index in [1.807, 2.05) is 6.92 Å². The van der Waals surface area contributed by atoms with Gasteiger partial charge in [0.1, 0.15) is 0 Å². The van der Waals surface area contributed by atoms with Gasteiger partial charge in [0, 0.05) is 0 Å². The lowest BCUT2D eigenvalue weighted by molar-refractivity contribution is 0.576. The van der Waals surface area contributed by atoms with Crippen LogP contribution in [0.4, 0.5) is 4.39 Å². The average Bonchev–Trinajstić information content (AvgIpc) is 2.18. The van der Waals surface area contributed by atoms with Crippen LogP contribution in [-0.2, 0) is 9.84 Å². The summed E-state index contributed by atoms with van der Waals surface area (Å²) in [5.74, 6) is 0. The van der Waals surface area contributed by atoms with Crippen molar-refractivity contribution in [2.45, 2.75) is 25.2 Å². The summed E-state index contributed by atoms with van der Waals surface area (Å²) < 4.78 is 36.4. The van der Waals surface area contributed by atoms with E-state index in [0.29, 0.717) is 6.42 Å². The second kappa shape index (κ2) is 4.57. The molecule has 0 aliphatic carbocycles. The van der Waals surface area contributed by atoms with Crippen LogP contribution in [0.5, 0.6) is 0 Å². The highest BCUT2D eigenvalue weighted by molar-refractivity contribution is 7.95. The molecule has 0 radical (unpaired) electrons. The first-order chi connectivity index (χ1) is 6.98. The highest BCUT2D eigenvalue weighted by Crippen LogP contribution is 2.20. The number of sulfone groups is 1. The molecule has 15 heavy (non-hydrogen) atoms. The molecule has 0 aliphatic rings. The summed E-state index contributed by atoms with van der Waals surface area (Å²) >= 11 is 0. The molecule has 1 rings (SSSR count). The Bertz CT molecular complexity index is 458. The van der Waals surface area contributed by atoms with Gasteiger partial charge in [-0.05, 0) is 31.6 Å². The second-order valence-electron chi connectivity index (χ2n) is 3.23. The Hall–Kier alpha value is -1.16. The Morgan fingerprint density at radius 2 is 1.87 bits per heavy atom. The molecule has 0 N–H and O–H groups in total. The largest absolute Gasteiger partial charge is 0.232 e. The van der Waals surface area contributed by atoms with Crippen molar-refractivity contribution in [3.05, 3.63) is 41.1 Å². The summed E-state index contributed by atoms with van der Waals surface area (Å²) in [5.41, 5.74) is 0.939. The predicted molar refractivity (Wildman–Crippen MR) is 57.8 cm³/mol. The maximum absolute atomic E-state index is 13.2. The minimum absolute atomic E-state index is 0.00435. The quantitative estimate of drug-likeness (QED) is 0.797. The molecular formula is C11H13FO2S. The van der Waals surface area contributed by atoms with Crippen molar-refractivity contribution in [2.24, 2.45) is 0 Å². The SMILES string of the molecule is CC/C=C(/F)S(=O)(=O)c1ccc(C)cc1. The van der Waals surface area contributed by atoms with Crippen molar-refractivity contribution >= 4 is 9.84 Å². The third-order valence-corrected chi connectivity index (χ3v) is 3.53. The first-order valence-electron chi connectivity index (χ1n) is 4.66. The molecule has 0 bridgehead atoms. The Morgan fingerprint density at radius 1 is 1.33 bits per heavy atom. The summed E-state index contributed by atoms with van der Waals surface area (Å²) in [6.07, 6.45) is 1.42. The lowest BCUT2D eigenvalue weighted by atomic mass is 10.2. The minimum atomic E-state index is -3.92. The number of hydrogen-bond donors (Lipinski definition) is 0. The molecule has 0 atom stereocenters. The molecule has 0 unspecified atom stereocenters. The van der Waals surface area contributed by atoms with Crippen LogP contribution in [0.2, 0.25) is 0 Å². The molecule has 0 saturated carbocycles. The van der Waals surface area contributed by atoms with Gasteiger partial charge in [0.15, 0.2) is 0 Å². The van der Waals surface area contributed by atoms with Crippen molar-refractivity contribution in [2.75, 3.05) is 0 Å². The van der Waals surface area contributed by atoms with E-state index in [9.17, 15) is 12.8 Å². The Balaban J connectivity index is 3.18. The smallest absolute Gasteiger partial charge is 0.216 e. The zero-order chi connectivity index (χ0) is 11.5. The van der Waals surface area contributed by atoms with Gasteiger partial charge in [0.25, 0.3) is 0 Å². The Morgan fingerprint density at radius 3 is 2.33 bits per heavy atom. The van der Waals surface area contributed by atoms with Gasteiger partial charge in [-0.2, -0.15) is 4.39 Å². The molecule has 82 valence electrons. The fraction of sp³-hybridized carbons (Fsp3) is 0.273. The average molecular weight is 228 g/mol. The lowest BCUT2D eigenvalue weighted by Crippen LogP contribution is -2.01. The van der Waals surface area contributed by atoms with E-state index >= 15 is 0 Å². The maximum Gasteiger partial charge on any atom is 0.232 e. The van der Waals surface area contributed by atoms with Gasteiger partial charge in [0.05, 0.1) is 4.90 Å². The molecule has 0 aliphatic heterocycles. The molecule has 0 spiro atoms. The van der Waals surface area contributed by atoms with Gasteiger partial charge in [-0.1, -0.05) is 24.6 Å². The van der Waals surface area contributed by atoms with E-state index in [2.05, 4.69) is 0 Å². The van der Waals surface area contributed by atoms with E-state index < -0.39 is 15.0 Å². The molecule has 0 aromatic heterocycles. The molecule has 0 amide bonds. The van der Waals surface area contributed by atoms with Crippen LogP contribution >= 0.6 is 0 Å². The number of hydrogen-bond acceptors (Lipinski definition) is 2. The fourth-order valence-corrected chi connectivity index (χ4v) is 2.21. The van der Waals surface area contributed by atoms with Crippen LogP contribution in [0.25, 0.3) is 0 Å². The third-order valence-electron chi connectivity index (χ3n) is 1.95. The molecule has 0 saturated heterocycles. The first-order valence-corrected chi connectivity index (χ1v) is 6.14. The number of allylic oxidation sites excluding steroid dienone is 1. The maximum atomic E-state index is 13.2. The third kappa shape index (κ3) is 2.65. The van der Waals surface area contributed by atoms with E-state index in [0.717, 1.165) is 11.6 Å². The van der Waals surface area contributed by atoms with Crippen LogP contribution in [0.1, 0.15) is 18.9 Å². The number of halogens is 1. The molecule has 0 heterocycles. The number of rotatable bonds is 3. The zero-order valence-corrected chi connectivity index (χ0v) is 9.51. The van der Waals surface area contributed by atoms with E-state index in [1.165, 1.54) is 12.1 Å². The van der Waals surface area contributed by atoms with Crippen molar-refractivity contribution < 1.29 is 12.8 Å². The molecule has 1 aromatic carbocycles. The van der Waals surface area contributed by atoms with E-state index in [1.54, 1.807) is 19.1 Å². The Labute approximate surface area is 89.4 Å². The summed E-state index contributed by atoms with van der Waals surface area (Å²) in [6, 6.07) is 6.11. The topological polar surface area (TPSA) is 34.1 Å². The van der Waals surface area contributed by atoms with Gasteiger partial charge in [-0.25, -0.2) is 8.42 Å². The van der Waals surface area contributed by atoms with Crippen molar-refractivity contribution in [3.8, 4) is 0 Å². The number of benzene rings is 1. The fourth-order valence-electron chi connectivity index (χ4n) is 1.10. The van der Waals surface area contributed by atoms with Gasteiger partial charge in [-0.3, -0.25) is 0 Å². The zero-order valence-electron chi connectivity index (χ0n) is 8.70. The van der Waals surface area contributed by atoms with Crippen LogP contribution in [0.15, 0.2) is 40.4 Å². The van der Waals surface area contributed by atoms with Gasteiger partial charge in [0.2, 0.25) is 15.0 Å². The number of aryl methyl sites for hydroxylation is 1. The van der Waals surface area contributed by atoms with Crippen molar-refractivity contribution in [1.29, 1.82) is 0 Å². The van der Waals surface area contributed by atoms with Crippen LogP contribution in [0.3, 0.4) is 0 Å². The van der Waals surface area contributed by atoms with Crippen LogP contribution in [-0.4, -0.2) is 8.42 Å². The molecule has 0 fully saturated rings. The minimum Gasteiger partial charge on any atom is -0.216 e. The normalized spacial score (nSPS) is 12.9. The van der Waals surface area contributed by atoms with Gasteiger partial charge < -0.3 is 0 Å².